The van der Waals surface area contributed by atoms with Crippen molar-refractivity contribution in [3.05, 3.63) is 59.9 Å². The van der Waals surface area contributed by atoms with Gasteiger partial charge in [-0.05, 0) is 36.2 Å². The first-order chi connectivity index (χ1) is 9.54. The van der Waals surface area contributed by atoms with Crippen LogP contribution in [0.25, 0.3) is 0 Å². The number of sulfonamides is 1. The molecule has 20 heavy (non-hydrogen) atoms. The fourth-order valence-corrected chi connectivity index (χ4v) is 3.02. The second kappa shape index (κ2) is 6.15. The highest BCUT2D eigenvalue weighted by Gasteiger charge is 2.20. The third-order valence-electron chi connectivity index (χ3n) is 3.15. The SMILES string of the molecule is CCc1ccc(S(=O)(=O)N(C)Cc2ccccn2)cc1. The van der Waals surface area contributed by atoms with Crippen LogP contribution in [0.4, 0.5) is 0 Å². The van der Waals surface area contributed by atoms with Crippen LogP contribution in [0.15, 0.2) is 53.6 Å². The zero-order chi connectivity index (χ0) is 14.6. The van der Waals surface area contributed by atoms with Gasteiger partial charge in [0.1, 0.15) is 0 Å². The Hall–Kier alpha value is -1.72. The highest BCUT2D eigenvalue weighted by atomic mass is 32.2. The summed E-state index contributed by atoms with van der Waals surface area (Å²) in [6.07, 6.45) is 2.55. The van der Waals surface area contributed by atoms with Gasteiger partial charge in [-0.2, -0.15) is 4.31 Å². The lowest BCUT2D eigenvalue weighted by atomic mass is 10.2. The van der Waals surface area contributed by atoms with Crippen molar-refractivity contribution >= 4 is 10.0 Å². The second-order valence-electron chi connectivity index (χ2n) is 4.58. The van der Waals surface area contributed by atoms with E-state index >= 15 is 0 Å². The zero-order valence-electron chi connectivity index (χ0n) is 11.7. The Morgan fingerprint density at radius 1 is 1.10 bits per heavy atom. The Bertz CT molecular complexity index is 652. The molecule has 0 atom stereocenters. The predicted molar refractivity (Wildman–Crippen MR) is 78.7 cm³/mol. The normalized spacial score (nSPS) is 11.8. The number of hydrogen-bond acceptors (Lipinski definition) is 3. The van der Waals surface area contributed by atoms with E-state index in [-0.39, 0.29) is 6.54 Å². The molecule has 0 radical (unpaired) electrons. The molecule has 0 spiro atoms. The van der Waals surface area contributed by atoms with Gasteiger partial charge >= 0.3 is 0 Å². The van der Waals surface area contributed by atoms with Crippen LogP contribution in [-0.4, -0.2) is 24.8 Å². The molecule has 0 N–H and O–H groups in total. The van der Waals surface area contributed by atoms with E-state index < -0.39 is 10.0 Å². The van der Waals surface area contributed by atoms with Crippen LogP contribution in [0.2, 0.25) is 0 Å². The summed E-state index contributed by atoms with van der Waals surface area (Å²) >= 11 is 0. The van der Waals surface area contributed by atoms with Crippen molar-refractivity contribution in [3.63, 3.8) is 0 Å². The quantitative estimate of drug-likeness (QED) is 0.850. The maximum atomic E-state index is 12.4. The number of rotatable bonds is 5. The number of aryl methyl sites for hydroxylation is 1. The van der Waals surface area contributed by atoms with E-state index in [9.17, 15) is 8.42 Å². The molecule has 5 heteroatoms. The monoisotopic (exact) mass is 290 g/mol. The minimum Gasteiger partial charge on any atom is -0.260 e. The van der Waals surface area contributed by atoms with Crippen LogP contribution in [0, 0.1) is 0 Å². The van der Waals surface area contributed by atoms with Gasteiger partial charge in [0.05, 0.1) is 17.1 Å². The number of hydrogen-bond donors (Lipinski definition) is 0. The molecule has 4 nitrogen and oxygen atoms in total. The van der Waals surface area contributed by atoms with Gasteiger partial charge in [0.25, 0.3) is 0 Å². The first-order valence-corrected chi connectivity index (χ1v) is 7.93. The molecule has 2 aromatic rings. The third kappa shape index (κ3) is 3.23. The Balaban J connectivity index is 2.20. The van der Waals surface area contributed by atoms with E-state index in [2.05, 4.69) is 4.98 Å². The van der Waals surface area contributed by atoms with E-state index in [4.69, 9.17) is 0 Å². The molecule has 1 heterocycles. The van der Waals surface area contributed by atoms with Crippen molar-refractivity contribution in [2.24, 2.45) is 0 Å². The van der Waals surface area contributed by atoms with Crippen molar-refractivity contribution in [2.45, 2.75) is 24.8 Å². The molecule has 0 aliphatic carbocycles. The molecule has 2 rings (SSSR count). The van der Waals surface area contributed by atoms with E-state index in [1.165, 1.54) is 4.31 Å². The standard InChI is InChI=1S/C15H18N2O2S/c1-3-13-7-9-15(10-8-13)20(18,19)17(2)12-14-6-4-5-11-16-14/h4-11H,3,12H2,1-2H3. The number of pyridine rings is 1. The van der Waals surface area contributed by atoms with Crippen LogP contribution in [0.3, 0.4) is 0 Å². The molecule has 0 fully saturated rings. The summed E-state index contributed by atoms with van der Waals surface area (Å²) in [7, 11) is -1.90. The van der Waals surface area contributed by atoms with Gasteiger partial charge < -0.3 is 0 Å². The summed E-state index contributed by atoms with van der Waals surface area (Å²) < 4.78 is 26.2. The maximum absolute atomic E-state index is 12.4. The van der Waals surface area contributed by atoms with Gasteiger partial charge in [0.15, 0.2) is 0 Å². The van der Waals surface area contributed by atoms with Gasteiger partial charge in [-0.3, -0.25) is 4.98 Å². The van der Waals surface area contributed by atoms with Crippen molar-refractivity contribution in [2.75, 3.05) is 7.05 Å². The van der Waals surface area contributed by atoms with Gasteiger partial charge in [0, 0.05) is 13.2 Å². The number of nitrogens with zero attached hydrogens (tertiary/aromatic N) is 2. The highest BCUT2D eigenvalue weighted by Crippen LogP contribution is 2.17. The third-order valence-corrected chi connectivity index (χ3v) is 4.97. The molecule has 106 valence electrons. The van der Waals surface area contributed by atoms with Crippen LogP contribution in [0.5, 0.6) is 0 Å². The summed E-state index contributed by atoms with van der Waals surface area (Å²) in [5, 5.41) is 0. The fraction of sp³-hybridized carbons (Fsp3) is 0.267. The fourth-order valence-electron chi connectivity index (χ4n) is 1.88. The molecule has 1 aromatic heterocycles. The predicted octanol–water partition coefficient (Wildman–Crippen LogP) is 2.46. The van der Waals surface area contributed by atoms with Crippen molar-refractivity contribution < 1.29 is 8.42 Å². The van der Waals surface area contributed by atoms with Gasteiger partial charge in [0.2, 0.25) is 10.0 Å². The van der Waals surface area contributed by atoms with Crippen LogP contribution in [0.1, 0.15) is 18.2 Å². The molecule has 0 saturated heterocycles. The van der Waals surface area contributed by atoms with Crippen LogP contribution >= 0.6 is 0 Å². The van der Waals surface area contributed by atoms with E-state index in [1.807, 2.05) is 37.3 Å². The van der Waals surface area contributed by atoms with E-state index in [0.717, 1.165) is 17.7 Å². The Kier molecular flexibility index (Phi) is 4.52. The summed E-state index contributed by atoms with van der Waals surface area (Å²) in [4.78, 5) is 4.46. The Labute approximate surface area is 120 Å². The Morgan fingerprint density at radius 3 is 2.35 bits per heavy atom. The average Bonchev–Trinajstić information content (AvgIpc) is 2.48. The topological polar surface area (TPSA) is 50.3 Å². The van der Waals surface area contributed by atoms with E-state index in [0.29, 0.717) is 4.90 Å². The lowest BCUT2D eigenvalue weighted by molar-refractivity contribution is 0.462. The lowest BCUT2D eigenvalue weighted by Crippen LogP contribution is -2.26. The average molecular weight is 290 g/mol. The summed E-state index contributed by atoms with van der Waals surface area (Å²) in [6.45, 7) is 2.30. The highest BCUT2D eigenvalue weighted by molar-refractivity contribution is 7.89. The molecule has 0 unspecified atom stereocenters. The van der Waals surface area contributed by atoms with E-state index in [1.54, 1.807) is 25.4 Å². The minimum absolute atomic E-state index is 0.263. The summed E-state index contributed by atoms with van der Waals surface area (Å²) in [5.41, 5.74) is 1.85. The lowest BCUT2D eigenvalue weighted by Gasteiger charge is -2.17. The minimum atomic E-state index is -3.47. The van der Waals surface area contributed by atoms with Gasteiger partial charge in [-0.25, -0.2) is 8.42 Å². The first-order valence-electron chi connectivity index (χ1n) is 6.49. The largest absolute Gasteiger partial charge is 0.260 e. The molecule has 1 aromatic carbocycles. The zero-order valence-corrected chi connectivity index (χ0v) is 12.5. The molecular weight excluding hydrogens is 272 g/mol. The summed E-state index contributed by atoms with van der Waals surface area (Å²) in [6, 6.07) is 12.5. The van der Waals surface area contributed by atoms with Crippen LogP contribution in [-0.2, 0) is 23.0 Å². The Morgan fingerprint density at radius 2 is 1.80 bits per heavy atom. The number of aromatic nitrogens is 1. The number of benzene rings is 1. The molecule has 0 saturated carbocycles. The van der Waals surface area contributed by atoms with Crippen LogP contribution < -0.4 is 0 Å². The maximum Gasteiger partial charge on any atom is 0.243 e. The molecule has 0 bridgehead atoms. The summed E-state index contributed by atoms with van der Waals surface area (Å²) in [5.74, 6) is 0. The molecule has 0 amide bonds. The smallest absolute Gasteiger partial charge is 0.243 e. The molecule has 0 aliphatic rings. The first kappa shape index (κ1) is 14.7. The van der Waals surface area contributed by atoms with Gasteiger partial charge in [-0.15, -0.1) is 0 Å². The van der Waals surface area contributed by atoms with Crippen molar-refractivity contribution in [1.29, 1.82) is 0 Å². The molecular formula is C15H18N2O2S. The van der Waals surface area contributed by atoms with Crippen molar-refractivity contribution in [1.82, 2.24) is 9.29 Å². The molecule has 0 aliphatic heterocycles. The van der Waals surface area contributed by atoms with Gasteiger partial charge in [-0.1, -0.05) is 25.1 Å². The second-order valence-corrected chi connectivity index (χ2v) is 6.62. The van der Waals surface area contributed by atoms with Crippen molar-refractivity contribution in [3.8, 4) is 0 Å².